The van der Waals surface area contributed by atoms with Gasteiger partial charge in [-0.1, -0.05) is 17.7 Å². The van der Waals surface area contributed by atoms with Gasteiger partial charge in [-0.15, -0.1) is 0 Å². The molecule has 1 aliphatic heterocycles. The molecule has 1 heterocycles. The van der Waals surface area contributed by atoms with Crippen LogP contribution in [0.3, 0.4) is 0 Å². The molecule has 0 aromatic heterocycles. The molecule has 92 valence electrons. The summed E-state index contributed by atoms with van der Waals surface area (Å²) in [5, 5.41) is 0. The lowest BCUT2D eigenvalue weighted by Crippen LogP contribution is -2.34. The van der Waals surface area contributed by atoms with Crippen molar-refractivity contribution in [3.63, 3.8) is 0 Å². The van der Waals surface area contributed by atoms with E-state index in [4.69, 9.17) is 5.73 Å². The molecule has 1 saturated heterocycles. The summed E-state index contributed by atoms with van der Waals surface area (Å²) in [5.74, 6) is 0.593. The SMILES string of the molecule is Cc1cccc(C(=O)N2CC(CN)CC2C)c1. The number of nitrogens with two attached hydrogens (primary N) is 1. The molecule has 0 radical (unpaired) electrons. The van der Waals surface area contributed by atoms with Gasteiger partial charge in [-0.05, 0) is 44.9 Å². The van der Waals surface area contributed by atoms with E-state index in [2.05, 4.69) is 6.92 Å². The normalized spacial score (nSPS) is 24.1. The van der Waals surface area contributed by atoms with Gasteiger partial charge in [-0.2, -0.15) is 0 Å². The fourth-order valence-electron chi connectivity index (χ4n) is 2.54. The molecule has 1 aliphatic rings. The van der Waals surface area contributed by atoms with Crippen LogP contribution in [0.4, 0.5) is 0 Å². The molecule has 3 nitrogen and oxygen atoms in total. The fraction of sp³-hybridized carbons (Fsp3) is 0.500. The van der Waals surface area contributed by atoms with E-state index in [0.717, 1.165) is 24.1 Å². The van der Waals surface area contributed by atoms with Gasteiger partial charge < -0.3 is 10.6 Å². The van der Waals surface area contributed by atoms with Crippen LogP contribution in [0.25, 0.3) is 0 Å². The van der Waals surface area contributed by atoms with E-state index >= 15 is 0 Å². The van der Waals surface area contributed by atoms with Gasteiger partial charge in [0.05, 0.1) is 0 Å². The Hall–Kier alpha value is -1.35. The molecule has 1 aromatic rings. The first-order valence-electron chi connectivity index (χ1n) is 6.19. The zero-order valence-electron chi connectivity index (χ0n) is 10.5. The smallest absolute Gasteiger partial charge is 0.254 e. The molecule has 1 aromatic carbocycles. The van der Waals surface area contributed by atoms with Crippen molar-refractivity contribution in [1.29, 1.82) is 0 Å². The summed E-state index contributed by atoms with van der Waals surface area (Å²) in [6, 6.07) is 8.08. The van der Waals surface area contributed by atoms with Gasteiger partial charge in [-0.25, -0.2) is 0 Å². The molecule has 3 heteroatoms. The maximum absolute atomic E-state index is 12.4. The Labute approximate surface area is 103 Å². The number of carbonyl (C=O) groups excluding carboxylic acids is 1. The van der Waals surface area contributed by atoms with Gasteiger partial charge in [-0.3, -0.25) is 4.79 Å². The van der Waals surface area contributed by atoms with E-state index in [1.807, 2.05) is 36.1 Å². The van der Waals surface area contributed by atoms with Crippen molar-refractivity contribution in [3.05, 3.63) is 35.4 Å². The standard InChI is InChI=1S/C14H20N2O/c1-10-4-3-5-13(6-10)14(17)16-9-12(8-15)7-11(16)2/h3-6,11-12H,7-9,15H2,1-2H3. The monoisotopic (exact) mass is 232 g/mol. The van der Waals surface area contributed by atoms with Crippen molar-refractivity contribution in [1.82, 2.24) is 4.90 Å². The summed E-state index contributed by atoms with van der Waals surface area (Å²) < 4.78 is 0. The maximum Gasteiger partial charge on any atom is 0.254 e. The molecule has 2 atom stereocenters. The van der Waals surface area contributed by atoms with E-state index < -0.39 is 0 Å². The molecular weight excluding hydrogens is 212 g/mol. The molecule has 1 amide bonds. The van der Waals surface area contributed by atoms with Crippen LogP contribution in [0.5, 0.6) is 0 Å². The quantitative estimate of drug-likeness (QED) is 0.845. The largest absolute Gasteiger partial charge is 0.336 e. The van der Waals surface area contributed by atoms with Crippen LogP contribution >= 0.6 is 0 Å². The average molecular weight is 232 g/mol. The third-order valence-corrected chi connectivity index (χ3v) is 3.52. The third-order valence-electron chi connectivity index (χ3n) is 3.52. The highest BCUT2D eigenvalue weighted by Crippen LogP contribution is 2.24. The number of hydrogen-bond acceptors (Lipinski definition) is 2. The second kappa shape index (κ2) is 4.88. The molecule has 0 spiro atoms. The van der Waals surface area contributed by atoms with Gasteiger partial charge in [0, 0.05) is 18.2 Å². The van der Waals surface area contributed by atoms with Crippen LogP contribution in [0, 0.1) is 12.8 Å². The summed E-state index contributed by atoms with van der Waals surface area (Å²) in [4.78, 5) is 14.3. The molecule has 0 aliphatic carbocycles. The zero-order chi connectivity index (χ0) is 12.4. The highest BCUT2D eigenvalue weighted by molar-refractivity contribution is 5.94. The number of aryl methyl sites for hydroxylation is 1. The molecule has 2 N–H and O–H groups in total. The van der Waals surface area contributed by atoms with E-state index in [1.165, 1.54) is 0 Å². The number of hydrogen-bond donors (Lipinski definition) is 1. The van der Waals surface area contributed by atoms with E-state index in [-0.39, 0.29) is 5.91 Å². The van der Waals surface area contributed by atoms with Crippen molar-refractivity contribution >= 4 is 5.91 Å². The number of likely N-dealkylation sites (tertiary alicyclic amines) is 1. The van der Waals surface area contributed by atoms with E-state index in [9.17, 15) is 4.79 Å². The lowest BCUT2D eigenvalue weighted by Gasteiger charge is -2.21. The van der Waals surface area contributed by atoms with Crippen molar-refractivity contribution in [2.45, 2.75) is 26.3 Å². The number of benzene rings is 1. The van der Waals surface area contributed by atoms with Gasteiger partial charge in [0.1, 0.15) is 0 Å². The Kier molecular flexibility index (Phi) is 3.48. The van der Waals surface area contributed by atoms with E-state index in [0.29, 0.717) is 18.5 Å². The number of rotatable bonds is 2. The van der Waals surface area contributed by atoms with Gasteiger partial charge in [0.25, 0.3) is 5.91 Å². The minimum atomic E-state index is 0.136. The lowest BCUT2D eigenvalue weighted by atomic mass is 10.1. The molecule has 17 heavy (non-hydrogen) atoms. The van der Waals surface area contributed by atoms with Crippen LogP contribution in [-0.2, 0) is 0 Å². The fourth-order valence-corrected chi connectivity index (χ4v) is 2.54. The zero-order valence-corrected chi connectivity index (χ0v) is 10.5. The van der Waals surface area contributed by atoms with Gasteiger partial charge in [0.15, 0.2) is 0 Å². The predicted molar refractivity (Wildman–Crippen MR) is 68.8 cm³/mol. The summed E-state index contributed by atoms with van der Waals surface area (Å²) in [6.07, 6.45) is 1.02. The Balaban J connectivity index is 2.15. The number of amides is 1. The lowest BCUT2D eigenvalue weighted by molar-refractivity contribution is 0.0743. The second-order valence-corrected chi connectivity index (χ2v) is 5.01. The molecule has 2 rings (SSSR count). The van der Waals surface area contributed by atoms with Crippen molar-refractivity contribution < 1.29 is 4.79 Å². The Morgan fingerprint density at radius 3 is 2.88 bits per heavy atom. The van der Waals surface area contributed by atoms with Crippen molar-refractivity contribution in [3.8, 4) is 0 Å². The van der Waals surface area contributed by atoms with Gasteiger partial charge >= 0.3 is 0 Å². The van der Waals surface area contributed by atoms with Crippen LogP contribution in [0.2, 0.25) is 0 Å². The highest BCUT2D eigenvalue weighted by atomic mass is 16.2. The molecule has 0 saturated carbocycles. The average Bonchev–Trinajstić information content (AvgIpc) is 2.69. The molecule has 0 bridgehead atoms. The summed E-state index contributed by atoms with van der Waals surface area (Å²) in [5.41, 5.74) is 7.59. The molecule has 1 fully saturated rings. The van der Waals surface area contributed by atoms with E-state index in [1.54, 1.807) is 0 Å². The predicted octanol–water partition coefficient (Wildman–Crippen LogP) is 1.80. The third kappa shape index (κ3) is 2.50. The topological polar surface area (TPSA) is 46.3 Å². The maximum atomic E-state index is 12.4. The first kappa shape index (κ1) is 12.1. The minimum Gasteiger partial charge on any atom is -0.336 e. The Morgan fingerprint density at radius 2 is 2.29 bits per heavy atom. The Morgan fingerprint density at radius 1 is 1.53 bits per heavy atom. The minimum absolute atomic E-state index is 0.136. The highest BCUT2D eigenvalue weighted by Gasteiger charge is 2.31. The van der Waals surface area contributed by atoms with Crippen LogP contribution in [0.15, 0.2) is 24.3 Å². The van der Waals surface area contributed by atoms with Crippen LogP contribution in [0.1, 0.15) is 29.3 Å². The summed E-state index contributed by atoms with van der Waals surface area (Å²) >= 11 is 0. The van der Waals surface area contributed by atoms with Crippen LogP contribution < -0.4 is 5.73 Å². The van der Waals surface area contributed by atoms with Crippen molar-refractivity contribution in [2.75, 3.05) is 13.1 Å². The van der Waals surface area contributed by atoms with Crippen molar-refractivity contribution in [2.24, 2.45) is 11.7 Å². The number of nitrogens with zero attached hydrogens (tertiary/aromatic N) is 1. The first-order chi connectivity index (χ1) is 8.11. The summed E-state index contributed by atoms with van der Waals surface area (Å²) in [6.45, 7) is 5.57. The number of carbonyl (C=O) groups is 1. The second-order valence-electron chi connectivity index (χ2n) is 5.01. The molecule has 2 unspecified atom stereocenters. The van der Waals surface area contributed by atoms with Crippen LogP contribution in [-0.4, -0.2) is 29.9 Å². The van der Waals surface area contributed by atoms with Gasteiger partial charge in [0.2, 0.25) is 0 Å². The summed E-state index contributed by atoms with van der Waals surface area (Å²) in [7, 11) is 0. The molecular formula is C14H20N2O. The first-order valence-corrected chi connectivity index (χ1v) is 6.19. The Bertz CT molecular complexity index is 416.